The highest BCUT2D eigenvalue weighted by molar-refractivity contribution is 7.89. The molecule has 0 unspecified atom stereocenters. The standard InChI is InChI=1S/C10H17N3O2S/c1-13(8-9-4-2-3-5-9)16(14,15)10-6-7-11-12-10/h6-7,9H,2-5,8H2,1H3,(H,11,12). The predicted molar refractivity (Wildman–Crippen MR) is 60.4 cm³/mol. The minimum atomic E-state index is -3.37. The number of hydrogen-bond acceptors (Lipinski definition) is 3. The topological polar surface area (TPSA) is 66.1 Å². The van der Waals surface area contributed by atoms with Crippen LogP contribution in [0.15, 0.2) is 17.3 Å². The van der Waals surface area contributed by atoms with Gasteiger partial charge in [0.2, 0.25) is 0 Å². The normalized spacial score (nSPS) is 18.4. The molecule has 1 aliphatic rings. The minimum Gasteiger partial charge on any atom is -0.266 e. The van der Waals surface area contributed by atoms with Crippen molar-refractivity contribution in [2.45, 2.75) is 30.7 Å². The van der Waals surface area contributed by atoms with Crippen molar-refractivity contribution in [2.75, 3.05) is 13.6 Å². The van der Waals surface area contributed by atoms with Gasteiger partial charge in [0.15, 0.2) is 5.03 Å². The van der Waals surface area contributed by atoms with E-state index in [0.29, 0.717) is 12.5 Å². The van der Waals surface area contributed by atoms with Crippen LogP contribution in [0.2, 0.25) is 0 Å². The van der Waals surface area contributed by atoms with Crippen molar-refractivity contribution in [3.63, 3.8) is 0 Å². The van der Waals surface area contributed by atoms with E-state index in [-0.39, 0.29) is 5.03 Å². The van der Waals surface area contributed by atoms with E-state index in [1.54, 1.807) is 7.05 Å². The summed E-state index contributed by atoms with van der Waals surface area (Å²) in [5.74, 6) is 0.516. The Bertz CT molecular complexity index is 421. The highest BCUT2D eigenvalue weighted by Crippen LogP contribution is 2.26. The lowest BCUT2D eigenvalue weighted by atomic mass is 10.1. The number of H-pyrrole nitrogens is 1. The molecular formula is C10H17N3O2S. The van der Waals surface area contributed by atoms with E-state index in [4.69, 9.17) is 0 Å². The number of nitrogens with one attached hydrogen (secondary N) is 1. The Labute approximate surface area is 95.9 Å². The Hall–Kier alpha value is -0.880. The molecule has 1 fully saturated rings. The van der Waals surface area contributed by atoms with Crippen molar-refractivity contribution in [3.8, 4) is 0 Å². The average molecular weight is 243 g/mol. The summed E-state index contributed by atoms with van der Waals surface area (Å²) in [6.45, 7) is 0.612. The Balaban J connectivity index is 2.06. The van der Waals surface area contributed by atoms with Crippen molar-refractivity contribution in [2.24, 2.45) is 5.92 Å². The van der Waals surface area contributed by atoms with Gasteiger partial charge < -0.3 is 0 Å². The lowest BCUT2D eigenvalue weighted by Gasteiger charge is -2.19. The van der Waals surface area contributed by atoms with Gasteiger partial charge in [0.25, 0.3) is 10.0 Å². The van der Waals surface area contributed by atoms with Crippen LogP contribution in [0.3, 0.4) is 0 Å². The summed E-state index contributed by atoms with van der Waals surface area (Å²) in [5.41, 5.74) is 0. The van der Waals surface area contributed by atoms with Gasteiger partial charge in [-0.1, -0.05) is 12.8 Å². The third kappa shape index (κ3) is 2.27. The SMILES string of the molecule is CN(CC1CCCC1)S(=O)(=O)c1ccn[nH]1. The molecule has 1 aliphatic carbocycles. The number of aromatic amines is 1. The van der Waals surface area contributed by atoms with Gasteiger partial charge in [0.1, 0.15) is 0 Å². The molecule has 1 heterocycles. The van der Waals surface area contributed by atoms with Gasteiger partial charge in [-0.25, -0.2) is 8.42 Å². The number of aromatic nitrogens is 2. The summed E-state index contributed by atoms with van der Waals surface area (Å²) < 4.78 is 25.5. The Morgan fingerprint density at radius 2 is 2.19 bits per heavy atom. The first-order chi connectivity index (χ1) is 7.60. The average Bonchev–Trinajstić information content (AvgIpc) is 2.89. The van der Waals surface area contributed by atoms with E-state index >= 15 is 0 Å². The summed E-state index contributed by atoms with van der Waals surface area (Å²) in [5, 5.41) is 6.35. The molecule has 0 aromatic carbocycles. The Kier molecular flexibility index (Phi) is 3.30. The first kappa shape index (κ1) is 11.6. The molecule has 0 radical (unpaired) electrons. The van der Waals surface area contributed by atoms with Gasteiger partial charge in [-0.3, -0.25) is 5.10 Å². The van der Waals surface area contributed by atoms with Gasteiger partial charge in [-0.2, -0.15) is 9.40 Å². The molecule has 1 saturated carbocycles. The largest absolute Gasteiger partial charge is 0.266 e. The summed E-state index contributed by atoms with van der Waals surface area (Å²) in [4.78, 5) is 0. The molecule has 0 atom stereocenters. The molecule has 0 amide bonds. The van der Waals surface area contributed by atoms with E-state index in [9.17, 15) is 8.42 Å². The first-order valence-electron chi connectivity index (χ1n) is 5.56. The molecule has 1 aromatic rings. The van der Waals surface area contributed by atoms with Crippen molar-refractivity contribution in [1.82, 2.24) is 14.5 Å². The summed E-state index contributed by atoms with van der Waals surface area (Å²) in [6, 6.07) is 1.49. The van der Waals surface area contributed by atoms with Gasteiger partial charge in [0.05, 0.1) is 6.20 Å². The molecular weight excluding hydrogens is 226 g/mol. The molecule has 16 heavy (non-hydrogen) atoms. The smallest absolute Gasteiger partial charge is 0.259 e. The fourth-order valence-corrected chi connectivity index (χ4v) is 3.35. The van der Waals surface area contributed by atoms with Crippen molar-refractivity contribution >= 4 is 10.0 Å². The van der Waals surface area contributed by atoms with E-state index in [0.717, 1.165) is 12.8 Å². The van der Waals surface area contributed by atoms with Gasteiger partial charge in [-0.05, 0) is 24.8 Å². The van der Waals surface area contributed by atoms with Crippen LogP contribution in [0, 0.1) is 5.92 Å². The molecule has 0 spiro atoms. The molecule has 0 aliphatic heterocycles. The zero-order chi connectivity index (χ0) is 11.6. The van der Waals surface area contributed by atoms with Crippen LogP contribution >= 0.6 is 0 Å². The Morgan fingerprint density at radius 1 is 1.50 bits per heavy atom. The van der Waals surface area contributed by atoms with Crippen LogP contribution in [0.4, 0.5) is 0 Å². The fourth-order valence-electron chi connectivity index (χ4n) is 2.21. The van der Waals surface area contributed by atoms with Crippen molar-refractivity contribution in [3.05, 3.63) is 12.3 Å². The van der Waals surface area contributed by atoms with E-state index in [1.807, 2.05) is 0 Å². The zero-order valence-electron chi connectivity index (χ0n) is 9.39. The number of rotatable bonds is 4. The van der Waals surface area contributed by atoms with Gasteiger partial charge in [0, 0.05) is 13.6 Å². The van der Waals surface area contributed by atoms with Crippen molar-refractivity contribution in [1.29, 1.82) is 0 Å². The third-order valence-electron chi connectivity index (χ3n) is 3.15. The third-order valence-corrected chi connectivity index (χ3v) is 4.91. The van der Waals surface area contributed by atoms with Crippen LogP contribution in [-0.4, -0.2) is 36.5 Å². The van der Waals surface area contributed by atoms with Gasteiger partial charge in [-0.15, -0.1) is 0 Å². The highest BCUT2D eigenvalue weighted by atomic mass is 32.2. The number of sulfonamides is 1. The molecule has 2 rings (SSSR count). The van der Waals surface area contributed by atoms with Crippen LogP contribution in [0.1, 0.15) is 25.7 Å². The Morgan fingerprint density at radius 3 is 2.75 bits per heavy atom. The maximum Gasteiger partial charge on any atom is 0.259 e. The number of hydrogen-bond donors (Lipinski definition) is 1. The summed E-state index contributed by atoms with van der Waals surface area (Å²) in [6.07, 6.45) is 6.19. The van der Waals surface area contributed by atoms with Crippen molar-refractivity contribution < 1.29 is 8.42 Å². The fraction of sp³-hybridized carbons (Fsp3) is 0.700. The number of nitrogens with zero attached hydrogens (tertiary/aromatic N) is 2. The lowest BCUT2D eigenvalue weighted by Crippen LogP contribution is -2.31. The summed E-state index contributed by atoms with van der Waals surface area (Å²) >= 11 is 0. The lowest BCUT2D eigenvalue weighted by molar-refractivity contribution is 0.386. The van der Waals surface area contributed by atoms with Gasteiger partial charge >= 0.3 is 0 Å². The van der Waals surface area contributed by atoms with Crippen LogP contribution in [0.5, 0.6) is 0 Å². The maximum absolute atomic E-state index is 12.0. The van der Waals surface area contributed by atoms with E-state index in [2.05, 4.69) is 10.2 Å². The second-order valence-corrected chi connectivity index (χ2v) is 6.37. The first-order valence-corrected chi connectivity index (χ1v) is 7.00. The van der Waals surface area contributed by atoms with Crippen LogP contribution in [0.25, 0.3) is 0 Å². The molecule has 0 bridgehead atoms. The summed E-state index contributed by atoms with van der Waals surface area (Å²) in [7, 11) is -1.73. The zero-order valence-corrected chi connectivity index (χ0v) is 10.2. The van der Waals surface area contributed by atoms with Crippen LogP contribution < -0.4 is 0 Å². The molecule has 1 N–H and O–H groups in total. The minimum absolute atomic E-state index is 0.174. The van der Waals surface area contributed by atoms with Crippen LogP contribution in [-0.2, 0) is 10.0 Å². The monoisotopic (exact) mass is 243 g/mol. The molecule has 1 aromatic heterocycles. The molecule has 0 saturated heterocycles. The van der Waals surface area contributed by atoms with E-state index in [1.165, 1.54) is 29.4 Å². The highest BCUT2D eigenvalue weighted by Gasteiger charge is 2.26. The molecule has 90 valence electrons. The second-order valence-electron chi connectivity index (χ2n) is 4.36. The second kappa shape index (κ2) is 4.55. The van der Waals surface area contributed by atoms with E-state index < -0.39 is 10.0 Å². The maximum atomic E-state index is 12.0. The molecule has 5 nitrogen and oxygen atoms in total. The molecule has 6 heteroatoms. The quantitative estimate of drug-likeness (QED) is 0.864. The predicted octanol–water partition coefficient (Wildman–Crippen LogP) is 1.22.